The molecular formula is C22H23ClFN5O. The lowest BCUT2D eigenvalue weighted by Gasteiger charge is -2.38. The van der Waals surface area contributed by atoms with Crippen LogP contribution in [0.25, 0.3) is 10.9 Å². The third-order valence-corrected chi connectivity index (χ3v) is 6.58. The maximum Gasteiger partial charge on any atom is 0.261 e. The lowest BCUT2D eigenvalue weighted by molar-refractivity contribution is 0.185. The molecule has 2 aliphatic rings. The second-order valence-corrected chi connectivity index (χ2v) is 8.54. The molecule has 5 rings (SSSR count). The summed E-state index contributed by atoms with van der Waals surface area (Å²) in [4.78, 5) is 29.0. The van der Waals surface area contributed by atoms with E-state index < -0.39 is 5.82 Å². The van der Waals surface area contributed by atoms with Gasteiger partial charge in [0.25, 0.3) is 5.56 Å². The molecule has 2 unspecified atom stereocenters. The third-order valence-electron chi connectivity index (χ3n) is 6.36. The molecule has 1 saturated heterocycles. The van der Waals surface area contributed by atoms with Gasteiger partial charge in [0.15, 0.2) is 0 Å². The normalized spacial score (nSPS) is 22.7. The van der Waals surface area contributed by atoms with Crippen molar-refractivity contribution in [2.75, 3.05) is 31.1 Å². The molecule has 2 atom stereocenters. The fourth-order valence-corrected chi connectivity index (χ4v) is 4.88. The minimum Gasteiger partial charge on any atom is -0.354 e. The van der Waals surface area contributed by atoms with Crippen LogP contribution in [0.15, 0.2) is 41.3 Å². The first kappa shape index (κ1) is 19.5. The highest BCUT2D eigenvalue weighted by atomic mass is 35.5. The van der Waals surface area contributed by atoms with Gasteiger partial charge in [-0.25, -0.2) is 14.4 Å². The van der Waals surface area contributed by atoms with Crippen LogP contribution in [0, 0.1) is 5.82 Å². The molecule has 3 aromatic rings. The van der Waals surface area contributed by atoms with E-state index in [1.165, 1.54) is 6.07 Å². The Morgan fingerprint density at radius 2 is 1.93 bits per heavy atom. The molecule has 0 bridgehead atoms. The molecule has 3 heterocycles. The van der Waals surface area contributed by atoms with Crippen molar-refractivity contribution in [2.24, 2.45) is 0 Å². The molecule has 1 aromatic carbocycles. The van der Waals surface area contributed by atoms with Gasteiger partial charge >= 0.3 is 0 Å². The second-order valence-electron chi connectivity index (χ2n) is 8.11. The van der Waals surface area contributed by atoms with E-state index in [2.05, 4.69) is 24.8 Å². The van der Waals surface area contributed by atoms with E-state index >= 15 is 0 Å². The molecule has 0 radical (unpaired) electrons. The first-order valence-electron chi connectivity index (χ1n) is 10.4. The van der Waals surface area contributed by atoms with Crippen molar-refractivity contribution in [3.05, 3.63) is 63.5 Å². The zero-order valence-electron chi connectivity index (χ0n) is 16.5. The third kappa shape index (κ3) is 3.68. The predicted octanol–water partition coefficient (Wildman–Crippen LogP) is 3.57. The molecule has 1 saturated carbocycles. The minimum absolute atomic E-state index is 0.0442. The summed E-state index contributed by atoms with van der Waals surface area (Å²) in [5.74, 6) is 1.33. The maximum atomic E-state index is 14.0. The molecule has 0 amide bonds. The molecule has 0 spiro atoms. The highest BCUT2D eigenvalue weighted by Crippen LogP contribution is 2.36. The van der Waals surface area contributed by atoms with Crippen molar-refractivity contribution >= 4 is 28.3 Å². The Bertz CT molecular complexity index is 1110. The topological polar surface area (TPSA) is 65.1 Å². The van der Waals surface area contributed by atoms with Crippen LogP contribution in [0.3, 0.4) is 0 Å². The summed E-state index contributed by atoms with van der Waals surface area (Å²) in [6.07, 6.45) is 4.71. The first-order valence-corrected chi connectivity index (χ1v) is 10.8. The quantitative estimate of drug-likeness (QED) is 0.692. The highest BCUT2D eigenvalue weighted by molar-refractivity contribution is 6.30. The van der Waals surface area contributed by atoms with Gasteiger partial charge < -0.3 is 9.88 Å². The highest BCUT2D eigenvalue weighted by Gasteiger charge is 2.33. The molecule has 8 heteroatoms. The van der Waals surface area contributed by atoms with E-state index in [1.54, 1.807) is 18.3 Å². The molecular weight excluding hydrogens is 405 g/mol. The van der Waals surface area contributed by atoms with Crippen LogP contribution in [-0.2, 0) is 0 Å². The number of rotatable bonds is 3. The van der Waals surface area contributed by atoms with E-state index in [9.17, 15) is 9.18 Å². The fourth-order valence-electron chi connectivity index (χ4n) is 4.77. The summed E-state index contributed by atoms with van der Waals surface area (Å²) < 4.78 is 14.0. The van der Waals surface area contributed by atoms with Crippen LogP contribution in [0.1, 0.15) is 31.0 Å². The summed E-state index contributed by atoms with van der Waals surface area (Å²) >= 11 is 5.94. The Labute approximate surface area is 178 Å². The van der Waals surface area contributed by atoms with Gasteiger partial charge in [0.2, 0.25) is 0 Å². The van der Waals surface area contributed by atoms with E-state index in [1.807, 2.05) is 12.1 Å². The van der Waals surface area contributed by atoms with Gasteiger partial charge in [-0.05, 0) is 43.5 Å². The number of nitrogens with zero attached hydrogens (tertiary/aromatic N) is 4. The number of aromatic nitrogens is 3. The van der Waals surface area contributed by atoms with E-state index in [-0.39, 0.29) is 16.9 Å². The van der Waals surface area contributed by atoms with Gasteiger partial charge in [0.05, 0.1) is 10.5 Å². The van der Waals surface area contributed by atoms with E-state index in [0.717, 1.165) is 51.3 Å². The van der Waals surface area contributed by atoms with Crippen molar-refractivity contribution in [3.63, 3.8) is 0 Å². The first-order chi connectivity index (χ1) is 14.6. The molecule has 30 heavy (non-hydrogen) atoms. The van der Waals surface area contributed by atoms with Gasteiger partial charge in [-0.15, -0.1) is 0 Å². The van der Waals surface area contributed by atoms with Crippen LogP contribution in [0.5, 0.6) is 0 Å². The number of hydrogen-bond acceptors (Lipinski definition) is 5. The smallest absolute Gasteiger partial charge is 0.261 e. The lowest BCUT2D eigenvalue weighted by atomic mass is 10.1. The van der Waals surface area contributed by atoms with Crippen molar-refractivity contribution in [2.45, 2.75) is 31.2 Å². The molecule has 2 fully saturated rings. The van der Waals surface area contributed by atoms with Crippen LogP contribution < -0.4 is 10.5 Å². The van der Waals surface area contributed by atoms with Crippen molar-refractivity contribution in [3.8, 4) is 0 Å². The summed E-state index contributed by atoms with van der Waals surface area (Å²) in [6, 6.07) is 8.91. The Kier molecular flexibility index (Phi) is 5.16. The number of nitrogens with one attached hydrogen (secondary N) is 1. The van der Waals surface area contributed by atoms with Gasteiger partial charge in [-0.1, -0.05) is 17.7 Å². The molecule has 1 N–H and O–H groups in total. The standard InChI is InChI=1S/C22H23ClFN5O/c23-15-5-7-19(25-13-15)29-10-8-28(9-11-29)16-6-4-14(12-16)21-26-18-3-1-2-17(24)20(18)22(30)27-21/h1-3,5,7,13-14,16H,4,6,8-12H2,(H,26,27,30). The maximum absolute atomic E-state index is 14.0. The number of pyridine rings is 1. The average Bonchev–Trinajstić information content (AvgIpc) is 3.25. The summed E-state index contributed by atoms with van der Waals surface area (Å²) in [7, 11) is 0. The number of anilines is 1. The second kappa shape index (κ2) is 7.96. The average molecular weight is 428 g/mol. The number of halogens is 2. The molecule has 6 nitrogen and oxygen atoms in total. The Hall–Kier alpha value is -2.51. The number of benzene rings is 1. The largest absolute Gasteiger partial charge is 0.354 e. The molecule has 156 valence electrons. The molecule has 1 aliphatic carbocycles. The molecule has 2 aromatic heterocycles. The predicted molar refractivity (Wildman–Crippen MR) is 116 cm³/mol. The zero-order valence-corrected chi connectivity index (χ0v) is 17.3. The van der Waals surface area contributed by atoms with E-state index in [0.29, 0.717) is 22.4 Å². The number of hydrogen-bond donors (Lipinski definition) is 1. The van der Waals surface area contributed by atoms with Gasteiger partial charge in [0.1, 0.15) is 22.8 Å². The Morgan fingerprint density at radius 3 is 2.70 bits per heavy atom. The number of aromatic amines is 1. The van der Waals surface area contributed by atoms with Gasteiger partial charge in [-0.2, -0.15) is 0 Å². The van der Waals surface area contributed by atoms with Crippen LogP contribution in [0.4, 0.5) is 10.2 Å². The van der Waals surface area contributed by atoms with Crippen LogP contribution >= 0.6 is 11.6 Å². The lowest BCUT2D eigenvalue weighted by Crippen LogP contribution is -2.50. The SMILES string of the molecule is O=c1[nH]c(C2CCC(N3CCN(c4ccc(Cl)cn4)CC3)C2)nc2cccc(F)c12. The number of piperazine rings is 1. The minimum atomic E-state index is -0.523. The summed E-state index contributed by atoms with van der Waals surface area (Å²) in [5.41, 5.74) is 0.0434. The van der Waals surface area contributed by atoms with Crippen LogP contribution in [-0.4, -0.2) is 52.1 Å². The summed E-state index contributed by atoms with van der Waals surface area (Å²) in [5, 5.41) is 0.695. The monoisotopic (exact) mass is 427 g/mol. The Morgan fingerprint density at radius 1 is 1.10 bits per heavy atom. The Balaban J connectivity index is 1.25. The molecule has 1 aliphatic heterocycles. The van der Waals surface area contributed by atoms with Gasteiger partial charge in [-0.3, -0.25) is 9.69 Å². The van der Waals surface area contributed by atoms with E-state index in [4.69, 9.17) is 11.6 Å². The fraction of sp³-hybridized carbons (Fsp3) is 0.409. The van der Waals surface area contributed by atoms with Crippen LogP contribution in [0.2, 0.25) is 5.02 Å². The summed E-state index contributed by atoms with van der Waals surface area (Å²) in [6.45, 7) is 3.82. The van der Waals surface area contributed by atoms with Gasteiger partial charge in [0, 0.05) is 44.3 Å². The number of H-pyrrole nitrogens is 1. The number of fused-ring (bicyclic) bond motifs is 1. The van der Waals surface area contributed by atoms with Crippen molar-refractivity contribution in [1.82, 2.24) is 19.9 Å². The zero-order chi connectivity index (χ0) is 20.7. The van der Waals surface area contributed by atoms with Crippen molar-refractivity contribution in [1.29, 1.82) is 0 Å². The van der Waals surface area contributed by atoms with Crippen molar-refractivity contribution < 1.29 is 4.39 Å².